The number of nitrogens with zero attached hydrogens (tertiary/aromatic N) is 1. The summed E-state index contributed by atoms with van der Waals surface area (Å²) in [4.78, 5) is 0. The van der Waals surface area contributed by atoms with Crippen molar-refractivity contribution in [2.75, 3.05) is 7.05 Å². The molecule has 0 aliphatic carbocycles. The van der Waals surface area contributed by atoms with Crippen LogP contribution in [0.15, 0.2) is 18.2 Å². The normalized spacial score (nSPS) is 8.92. The van der Waals surface area contributed by atoms with Gasteiger partial charge in [0.1, 0.15) is 11.6 Å². The molecule has 5 heteroatoms. The van der Waals surface area contributed by atoms with Crippen molar-refractivity contribution in [3.8, 4) is 0 Å². The molecule has 0 unspecified atom stereocenters. The number of rotatable bonds is 2. The minimum absolute atomic E-state index is 0. The van der Waals surface area contributed by atoms with Crippen LogP contribution in [-0.2, 0) is 0 Å². The largest absolute Gasteiger partial charge is 1.00 e. The van der Waals surface area contributed by atoms with Crippen LogP contribution in [0.25, 0.3) is 5.43 Å². The highest BCUT2D eigenvalue weighted by Crippen LogP contribution is 2.21. The molecule has 0 bridgehead atoms. The second kappa shape index (κ2) is 4.90. The van der Waals surface area contributed by atoms with Crippen LogP contribution in [0.5, 0.6) is 0 Å². The lowest BCUT2D eigenvalue weighted by atomic mass is 10.3. The highest BCUT2D eigenvalue weighted by atomic mass is 35.5. The Morgan fingerprint density at radius 3 is 2.17 bits per heavy atom. The molecular formula is C7H8ClF2N2-. The first-order valence-electron chi connectivity index (χ1n) is 3.18. The Morgan fingerprint density at radius 1 is 1.25 bits per heavy atom. The van der Waals surface area contributed by atoms with E-state index in [2.05, 4.69) is 5.43 Å². The van der Waals surface area contributed by atoms with Gasteiger partial charge >= 0.3 is 0 Å². The Hall–Kier alpha value is -0.870. The second-order valence-electron chi connectivity index (χ2n) is 1.96. The lowest BCUT2D eigenvalue weighted by molar-refractivity contribution is -0.571. The van der Waals surface area contributed by atoms with Crippen molar-refractivity contribution in [2.45, 2.75) is 0 Å². The van der Waals surface area contributed by atoms with Gasteiger partial charge in [0.2, 0.25) is 0 Å². The molecule has 0 atom stereocenters. The molecule has 0 fully saturated rings. The fraction of sp³-hybridized carbons (Fsp3) is 0.143. The Balaban J connectivity index is 0.00000121. The van der Waals surface area contributed by atoms with Gasteiger partial charge in [-0.1, -0.05) is 6.07 Å². The fourth-order valence-corrected chi connectivity index (χ4v) is 0.741. The summed E-state index contributed by atoms with van der Waals surface area (Å²) in [6, 6.07) is 3.65. The van der Waals surface area contributed by atoms with Crippen molar-refractivity contribution in [1.29, 1.82) is 0 Å². The fourth-order valence-electron chi connectivity index (χ4n) is 0.741. The molecular weight excluding hydrogens is 186 g/mol. The van der Waals surface area contributed by atoms with E-state index in [9.17, 15) is 8.78 Å². The van der Waals surface area contributed by atoms with Crippen LogP contribution in [0.2, 0.25) is 0 Å². The zero-order chi connectivity index (χ0) is 8.27. The maximum absolute atomic E-state index is 12.7. The number of halogens is 3. The van der Waals surface area contributed by atoms with E-state index >= 15 is 0 Å². The van der Waals surface area contributed by atoms with E-state index < -0.39 is 11.6 Å². The summed E-state index contributed by atoms with van der Waals surface area (Å²) in [7, 11) is 1.60. The van der Waals surface area contributed by atoms with Gasteiger partial charge in [0.15, 0.2) is 0 Å². The molecule has 0 heterocycles. The van der Waals surface area contributed by atoms with Gasteiger partial charge < -0.3 is 23.3 Å². The van der Waals surface area contributed by atoms with E-state index in [0.717, 1.165) is 0 Å². The van der Waals surface area contributed by atoms with Gasteiger partial charge in [-0.15, -0.1) is 0 Å². The molecule has 0 spiro atoms. The zero-order valence-corrected chi connectivity index (χ0v) is 7.15. The SMILES string of the molecule is C[NH2+][N-]c1c(F)cccc1F.[Cl-]. The number of hydrogen-bond acceptors (Lipinski definition) is 0. The van der Waals surface area contributed by atoms with E-state index in [0.29, 0.717) is 0 Å². The van der Waals surface area contributed by atoms with Gasteiger partial charge in [-0.05, 0) is 17.8 Å². The summed E-state index contributed by atoms with van der Waals surface area (Å²) in [6.45, 7) is 0. The van der Waals surface area contributed by atoms with Crippen molar-refractivity contribution < 1.29 is 26.6 Å². The quantitative estimate of drug-likeness (QED) is 0.420. The Labute approximate surface area is 75.4 Å². The average Bonchev–Trinajstić information content (AvgIpc) is 1.97. The topological polar surface area (TPSA) is 30.7 Å². The molecule has 2 N–H and O–H groups in total. The smallest absolute Gasteiger partial charge is 0.115 e. The molecule has 0 aromatic heterocycles. The Morgan fingerprint density at radius 2 is 1.75 bits per heavy atom. The first-order valence-corrected chi connectivity index (χ1v) is 3.18. The second-order valence-corrected chi connectivity index (χ2v) is 1.96. The molecule has 0 aliphatic rings. The van der Waals surface area contributed by atoms with Crippen LogP contribution in [0.1, 0.15) is 0 Å². The minimum Gasteiger partial charge on any atom is -1.00 e. The number of quaternary nitrogens is 1. The van der Waals surface area contributed by atoms with Crippen molar-refractivity contribution in [2.24, 2.45) is 0 Å². The third kappa shape index (κ3) is 2.32. The maximum Gasteiger partial charge on any atom is 0.115 e. The van der Waals surface area contributed by atoms with Crippen LogP contribution in [0.3, 0.4) is 0 Å². The summed E-state index contributed by atoms with van der Waals surface area (Å²) < 4.78 is 25.4. The first kappa shape index (κ1) is 11.1. The molecule has 12 heavy (non-hydrogen) atoms. The highest BCUT2D eigenvalue weighted by molar-refractivity contribution is 5.47. The van der Waals surface area contributed by atoms with Crippen LogP contribution < -0.4 is 17.8 Å². The summed E-state index contributed by atoms with van der Waals surface area (Å²) >= 11 is 0. The maximum atomic E-state index is 12.7. The van der Waals surface area contributed by atoms with E-state index in [-0.39, 0.29) is 18.1 Å². The third-order valence-corrected chi connectivity index (χ3v) is 1.20. The van der Waals surface area contributed by atoms with Crippen LogP contribution in [0.4, 0.5) is 14.5 Å². The highest BCUT2D eigenvalue weighted by Gasteiger charge is 1.98. The van der Waals surface area contributed by atoms with E-state index in [4.69, 9.17) is 0 Å². The Kier molecular flexibility index (Phi) is 4.54. The minimum atomic E-state index is -0.636. The number of hydrogen-bond donors (Lipinski definition) is 1. The predicted octanol–water partition coefficient (Wildman–Crippen LogP) is -1.92. The lowest BCUT2D eigenvalue weighted by Gasteiger charge is -2.15. The van der Waals surface area contributed by atoms with Gasteiger partial charge in [-0.2, -0.15) is 0 Å². The first-order chi connectivity index (χ1) is 5.25. The van der Waals surface area contributed by atoms with E-state index in [1.807, 2.05) is 0 Å². The van der Waals surface area contributed by atoms with Crippen molar-refractivity contribution >= 4 is 5.69 Å². The van der Waals surface area contributed by atoms with E-state index in [1.165, 1.54) is 23.6 Å². The standard InChI is InChI=1S/C7H8F2N2.ClH/c1-10-11-7-5(8)3-2-4-6(7)9;/h2-4H,10H2,1H3;1H/p-1. The summed E-state index contributed by atoms with van der Waals surface area (Å²) in [5.74, 6) is -1.27. The van der Waals surface area contributed by atoms with Crippen molar-refractivity contribution in [1.82, 2.24) is 0 Å². The Bertz CT molecular complexity index is 235. The van der Waals surface area contributed by atoms with Crippen LogP contribution in [0, 0.1) is 11.6 Å². The van der Waals surface area contributed by atoms with Gasteiger partial charge in [0, 0.05) is 0 Å². The van der Waals surface area contributed by atoms with Crippen LogP contribution in [-0.4, -0.2) is 7.05 Å². The van der Waals surface area contributed by atoms with E-state index in [1.54, 1.807) is 7.05 Å². The molecule has 68 valence electrons. The summed E-state index contributed by atoms with van der Waals surface area (Å²) in [6.07, 6.45) is 0. The molecule has 0 saturated heterocycles. The van der Waals surface area contributed by atoms with Crippen LogP contribution >= 0.6 is 0 Å². The monoisotopic (exact) mass is 193 g/mol. The molecule has 2 nitrogen and oxygen atoms in total. The molecule has 1 rings (SSSR count). The number of benzene rings is 1. The molecule has 0 saturated carbocycles. The van der Waals surface area contributed by atoms with Crippen molar-refractivity contribution in [3.63, 3.8) is 0 Å². The molecule has 0 radical (unpaired) electrons. The van der Waals surface area contributed by atoms with Gasteiger partial charge in [0.05, 0.1) is 7.05 Å². The lowest BCUT2D eigenvalue weighted by Crippen LogP contribution is -3.00. The van der Waals surface area contributed by atoms with Gasteiger partial charge in [-0.3, -0.25) is 0 Å². The summed E-state index contributed by atoms with van der Waals surface area (Å²) in [5, 5.41) is 0. The number of nitrogens with two attached hydrogens (primary N) is 1. The molecule has 0 aliphatic heterocycles. The molecule has 1 aromatic rings. The van der Waals surface area contributed by atoms with Crippen molar-refractivity contribution in [3.05, 3.63) is 35.3 Å². The molecule has 1 aromatic carbocycles. The summed E-state index contributed by atoms with van der Waals surface area (Å²) in [5.41, 5.74) is 4.65. The predicted molar refractivity (Wildman–Crippen MR) is 37.2 cm³/mol. The zero-order valence-electron chi connectivity index (χ0n) is 6.39. The molecule has 0 amide bonds. The third-order valence-electron chi connectivity index (χ3n) is 1.20. The van der Waals surface area contributed by atoms with Gasteiger partial charge in [0.25, 0.3) is 0 Å². The average molecular weight is 194 g/mol. The van der Waals surface area contributed by atoms with Gasteiger partial charge in [-0.25, -0.2) is 8.78 Å².